The number of unbranched alkanes of at least 4 members (excludes halogenated alkanes) is 3. The largest absolute Gasteiger partial charge is 0.494 e. The van der Waals surface area contributed by atoms with Crippen molar-refractivity contribution in [3.63, 3.8) is 0 Å². The molecule has 0 heterocycles. The first-order chi connectivity index (χ1) is 7.74. The third-order valence-electron chi connectivity index (χ3n) is 2.29. The number of halogens is 1. The fraction of sp³-hybridized carbons (Fsp3) is 0.500. The van der Waals surface area contributed by atoms with Gasteiger partial charge in [0, 0.05) is 12.7 Å². The van der Waals surface area contributed by atoms with Crippen LogP contribution in [0.25, 0.3) is 0 Å². The predicted molar refractivity (Wildman–Crippen MR) is 66.9 cm³/mol. The van der Waals surface area contributed by atoms with Crippen LogP contribution in [0.1, 0.15) is 25.7 Å². The van der Waals surface area contributed by atoms with Gasteiger partial charge >= 0.3 is 0 Å². The van der Waals surface area contributed by atoms with Gasteiger partial charge in [0.25, 0.3) is 0 Å². The quantitative estimate of drug-likeness (QED) is 0.572. The lowest BCUT2D eigenvalue weighted by Crippen LogP contribution is -1.98. The zero-order chi connectivity index (χ0) is 11.8. The van der Waals surface area contributed by atoms with Gasteiger partial charge in [0.1, 0.15) is 5.75 Å². The number of nitrogen functional groups attached to an aromatic ring is 1. The molecule has 3 N–H and O–H groups in total. The summed E-state index contributed by atoms with van der Waals surface area (Å²) in [4.78, 5) is 0. The molecule has 16 heavy (non-hydrogen) atoms. The van der Waals surface area contributed by atoms with E-state index in [2.05, 4.69) is 0 Å². The minimum Gasteiger partial charge on any atom is -0.494 e. The Kier molecular flexibility index (Phi) is 6.04. The summed E-state index contributed by atoms with van der Waals surface area (Å²) in [6, 6.07) is 5.28. The lowest BCUT2D eigenvalue weighted by Gasteiger charge is -2.07. The Morgan fingerprint density at radius 3 is 2.62 bits per heavy atom. The van der Waals surface area contributed by atoms with E-state index in [0.717, 1.165) is 31.4 Å². The van der Waals surface area contributed by atoms with Gasteiger partial charge in [0.05, 0.1) is 17.3 Å². The number of aliphatic hydroxyl groups is 1. The van der Waals surface area contributed by atoms with Crippen molar-refractivity contribution in [2.24, 2.45) is 0 Å². The Bertz CT molecular complexity index is 318. The van der Waals surface area contributed by atoms with Gasteiger partial charge in [0.15, 0.2) is 0 Å². The van der Waals surface area contributed by atoms with Crippen LogP contribution in [0, 0.1) is 0 Å². The molecule has 0 saturated carbocycles. The molecular weight excluding hydrogens is 226 g/mol. The van der Waals surface area contributed by atoms with Crippen molar-refractivity contribution in [1.82, 2.24) is 0 Å². The fourth-order valence-corrected chi connectivity index (χ4v) is 1.53. The van der Waals surface area contributed by atoms with Crippen LogP contribution in [-0.2, 0) is 0 Å². The summed E-state index contributed by atoms with van der Waals surface area (Å²) in [6.07, 6.45) is 3.97. The molecule has 0 bridgehead atoms. The van der Waals surface area contributed by atoms with E-state index in [1.54, 1.807) is 12.1 Å². The van der Waals surface area contributed by atoms with Gasteiger partial charge in [-0.3, -0.25) is 0 Å². The molecule has 3 nitrogen and oxygen atoms in total. The first-order valence-electron chi connectivity index (χ1n) is 5.52. The number of nitrogens with two attached hydrogens (primary N) is 1. The summed E-state index contributed by atoms with van der Waals surface area (Å²) in [6.45, 7) is 0.945. The average Bonchev–Trinajstić information content (AvgIpc) is 2.28. The van der Waals surface area contributed by atoms with E-state index in [0.29, 0.717) is 17.3 Å². The smallest absolute Gasteiger partial charge is 0.120 e. The van der Waals surface area contributed by atoms with Crippen molar-refractivity contribution in [3.8, 4) is 5.75 Å². The van der Waals surface area contributed by atoms with E-state index in [4.69, 9.17) is 27.2 Å². The molecule has 0 saturated heterocycles. The minimum absolute atomic E-state index is 0.272. The Balaban J connectivity index is 2.19. The monoisotopic (exact) mass is 243 g/mol. The number of rotatable bonds is 7. The van der Waals surface area contributed by atoms with E-state index >= 15 is 0 Å². The lowest BCUT2D eigenvalue weighted by atomic mass is 10.2. The molecule has 0 aliphatic rings. The van der Waals surface area contributed by atoms with E-state index in [1.165, 1.54) is 0 Å². The molecule has 0 atom stereocenters. The van der Waals surface area contributed by atoms with E-state index in [-0.39, 0.29) is 6.61 Å². The molecule has 0 aromatic heterocycles. The first-order valence-corrected chi connectivity index (χ1v) is 5.90. The zero-order valence-corrected chi connectivity index (χ0v) is 10.0. The molecule has 4 heteroatoms. The van der Waals surface area contributed by atoms with Crippen molar-refractivity contribution >= 4 is 17.3 Å². The highest BCUT2D eigenvalue weighted by Crippen LogP contribution is 2.24. The normalized spacial score (nSPS) is 10.4. The van der Waals surface area contributed by atoms with Crippen molar-refractivity contribution in [2.75, 3.05) is 18.9 Å². The SMILES string of the molecule is Nc1ccc(OCCCCCCO)cc1Cl. The molecule has 1 aromatic carbocycles. The highest BCUT2D eigenvalue weighted by atomic mass is 35.5. The van der Waals surface area contributed by atoms with E-state index < -0.39 is 0 Å². The molecule has 0 aliphatic heterocycles. The maximum Gasteiger partial charge on any atom is 0.120 e. The number of anilines is 1. The van der Waals surface area contributed by atoms with Crippen LogP contribution in [0.2, 0.25) is 5.02 Å². The topological polar surface area (TPSA) is 55.5 Å². The Hall–Kier alpha value is -0.930. The number of hydrogen-bond acceptors (Lipinski definition) is 3. The molecule has 0 spiro atoms. The molecule has 1 aromatic rings. The summed E-state index contributed by atoms with van der Waals surface area (Å²) >= 11 is 5.86. The van der Waals surface area contributed by atoms with Gasteiger partial charge in [-0.25, -0.2) is 0 Å². The Labute approximate surface area is 101 Å². The van der Waals surface area contributed by atoms with Crippen molar-refractivity contribution in [1.29, 1.82) is 0 Å². The van der Waals surface area contributed by atoms with Crippen LogP contribution in [0.3, 0.4) is 0 Å². The standard InChI is InChI=1S/C12H18ClNO2/c13-11-9-10(5-6-12(11)14)16-8-4-2-1-3-7-15/h5-6,9,15H,1-4,7-8,14H2. The number of ether oxygens (including phenoxy) is 1. The molecule has 1 rings (SSSR count). The summed E-state index contributed by atoms with van der Waals surface area (Å²) < 4.78 is 5.52. The average molecular weight is 244 g/mol. The molecule has 0 amide bonds. The van der Waals surface area contributed by atoms with Crippen LogP contribution in [0.4, 0.5) is 5.69 Å². The van der Waals surface area contributed by atoms with Gasteiger partial charge in [-0.15, -0.1) is 0 Å². The molecule has 0 radical (unpaired) electrons. The summed E-state index contributed by atoms with van der Waals surface area (Å²) in [5.41, 5.74) is 6.15. The Morgan fingerprint density at radius 2 is 1.94 bits per heavy atom. The fourth-order valence-electron chi connectivity index (χ4n) is 1.36. The summed E-state index contributed by atoms with van der Waals surface area (Å²) in [5.74, 6) is 0.751. The molecule has 90 valence electrons. The maximum atomic E-state index is 8.60. The minimum atomic E-state index is 0.272. The highest BCUT2D eigenvalue weighted by molar-refractivity contribution is 6.33. The van der Waals surface area contributed by atoms with Crippen LogP contribution < -0.4 is 10.5 Å². The second-order valence-corrected chi connectivity index (χ2v) is 4.08. The van der Waals surface area contributed by atoms with E-state index in [9.17, 15) is 0 Å². The second-order valence-electron chi connectivity index (χ2n) is 3.67. The predicted octanol–water partition coefficient (Wildman–Crippen LogP) is 2.85. The van der Waals surface area contributed by atoms with Crippen molar-refractivity contribution in [3.05, 3.63) is 23.2 Å². The molecular formula is C12H18ClNO2. The maximum absolute atomic E-state index is 8.60. The lowest BCUT2D eigenvalue weighted by molar-refractivity contribution is 0.273. The van der Waals surface area contributed by atoms with Crippen LogP contribution in [0.5, 0.6) is 5.75 Å². The second kappa shape index (κ2) is 7.36. The van der Waals surface area contributed by atoms with Gasteiger partial charge in [-0.1, -0.05) is 18.0 Å². The third kappa shape index (κ3) is 4.73. The third-order valence-corrected chi connectivity index (χ3v) is 2.62. The summed E-state index contributed by atoms with van der Waals surface area (Å²) in [5, 5.41) is 9.13. The van der Waals surface area contributed by atoms with Crippen molar-refractivity contribution < 1.29 is 9.84 Å². The summed E-state index contributed by atoms with van der Waals surface area (Å²) in [7, 11) is 0. The Morgan fingerprint density at radius 1 is 1.19 bits per heavy atom. The van der Waals surface area contributed by atoms with Gasteiger partial charge in [-0.05, 0) is 31.4 Å². The number of aliphatic hydroxyl groups excluding tert-OH is 1. The first kappa shape index (κ1) is 13.1. The molecule has 0 aliphatic carbocycles. The van der Waals surface area contributed by atoms with Crippen LogP contribution in [0.15, 0.2) is 18.2 Å². The van der Waals surface area contributed by atoms with Gasteiger partial charge < -0.3 is 15.6 Å². The highest BCUT2D eigenvalue weighted by Gasteiger charge is 1.99. The zero-order valence-electron chi connectivity index (χ0n) is 9.29. The molecule has 0 fully saturated rings. The van der Waals surface area contributed by atoms with Crippen molar-refractivity contribution in [2.45, 2.75) is 25.7 Å². The number of benzene rings is 1. The van der Waals surface area contributed by atoms with E-state index in [1.807, 2.05) is 6.07 Å². The van der Waals surface area contributed by atoms with Gasteiger partial charge in [-0.2, -0.15) is 0 Å². The van der Waals surface area contributed by atoms with Gasteiger partial charge in [0.2, 0.25) is 0 Å². The molecule has 0 unspecified atom stereocenters. The van der Waals surface area contributed by atoms with Crippen LogP contribution >= 0.6 is 11.6 Å². The van der Waals surface area contributed by atoms with Crippen LogP contribution in [-0.4, -0.2) is 18.3 Å². The number of hydrogen-bond donors (Lipinski definition) is 2.